The Kier molecular flexibility index (Phi) is 8.09. The molecule has 2 aliphatic rings. The summed E-state index contributed by atoms with van der Waals surface area (Å²) < 4.78 is 19.2. The number of aromatic nitrogens is 1. The molecule has 2 saturated heterocycles. The van der Waals surface area contributed by atoms with E-state index < -0.39 is 5.60 Å². The second kappa shape index (κ2) is 11.5. The van der Waals surface area contributed by atoms with Crippen molar-refractivity contribution in [3.05, 3.63) is 75.5 Å². The van der Waals surface area contributed by atoms with Gasteiger partial charge in [-0.3, -0.25) is 9.59 Å². The number of para-hydroxylation sites is 1. The summed E-state index contributed by atoms with van der Waals surface area (Å²) in [6.45, 7) is 7.31. The Morgan fingerprint density at radius 3 is 2.31 bits per heavy atom. The number of carbonyl (C=O) groups is 2. The molecule has 206 valence electrons. The number of halogens is 2. The molecule has 39 heavy (non-hydrogen) atoms. The number of thiazole rings is 1. The molecule has 2 aliphatic heterocycles. The number of amides is 2. The zero-order chi connectivity index (χ0) is 27.6. The van der Waals surface area contributed by atoms with E-state index in [4.69, 9.17) is 21.3 Å². The summed E-state index contributed by atoms with van der Waals surface area (Å²) in [5, 5.41) is 3.27. The lowest BCUT2D eigenvalue weighted by Gasteiger charge is -2.36. The summed E-state index contributed by atoms with van der Waals surface area (Å²) in [5.41, 5.74) is 0.403. The Labute approximate surface area is 237 Å². The zero-order valence-electron chi connectivity index (χ0n) is 22.1. The summed E-state index contributed by atoms with van der Waals surface area (Å²) in [4.78, 5) is 36.9. The Morgan fingerprint density at radius 2 is 1.64 bits per heavy atom. The van der Waals surface area contributed by atoms with Gasteiger partial charge in [0.1, 0.15) is 17.3 Å². The molecular weight excluding hydrogens is 539 g/mol. The maximum atomic E-state index is 13.3. The topological polar surface area (TPSA) is 66.0 Å². The van der Waals surface area contributed by atoms with Crippen LogP contribution in [0.1, 0.15) is 48.1 Å². The lowest BCUT2D eigenvalue weighted by molar-refractivity contribution is -0.146. The highest BCUT2D eigenvalue weighted by atomic mass is 35.5. The second-order valence-electron chi connectivity index (χ2n) is 10.4. The van der Waals surface area contributed by atoms with Gasteiger partial charge in [0.2, 0.25) is 0 Å². The van der Waals surface area contributed by atoms with Crippen LogP contribution in [0.5, 0.6) is 5.75 Å². The molecule has 5 rings (SSSR count). The van der Waals surface area contributed by atoms with Crippen molar-refractivity contribution in [1.82, 2.24) is 14.8 Å². The quantitative estimate of drug-likeness (QED) is 0.394. The molecule has 0 radical (unpaired) electrons. The van der Waals surface area contributed by atoms with Crippen LogP contribution in [0, 0.1) is 5.82 Å². The van der Waals surface area contributed by atoms with Gasteiger partial charge in [0.05, 0.1) is 10.0 Å². The first kappa shape index (κ1) is 27.4. The van der Waals surface area contributed by atoms with E-state index in [9.17, 15) is 14.0 Å². The average Bonchev–Trinajstić information content (AvgIpc) is 3.44. The predicted octanol–water partition coefficient (Wildman–Crippen LogP) is 5.46. The van der Waals surface area contributed by atoms with Crippen LogP contribution in [-0.4, -0.2) is 71.5 Å². The summed E-state index contributed by atoms with van der Waals surface area (Å²) >= 11 is 7.74. The van der Waals surface area contributed by atoms with Gasteiger partial charge in [-0.25, -0.2) is 9.37 Å². The van der Waals surface area contributed by atoms with Gasteiger partial charge in [-0.2, -0.15) is 0 Å². The number of ether oxygens (including phenoxy) is 1. The minimum atomic E-state index is -1.04. The molecule has 2 aromatic carbocycles. The lowest BCUT2D eigenvalue weighted by atomic mass is 9.96. The van der Waals surface area contributed by atoms with Gasteiger partial charge < -0.3 is 19.4 Å². The van der Waals surface area contributed by atoms with Crippen molar-refractivity contribution in [3.8, 4) is 5.75 Å². The third-order valence-electron chi connectivity index (χ3n) is 7.35. The normalized spacial score (nSPS) is 16.9. The lowest BCUT2D eigenvalue weighted by Crippen LogP contribution is -2.51. The van der Waals surface area contributed by atoms with E-state index >= 15 is 0 Å². The fraction of sp³-hybridized carbons (Fsp3) is 0.414. The van der Waals surface area contributed by atoms with Gasteiger partial charge in [0.15, 0.2) is 5.60 Å². The number of piperidine rings is 1. The molecule has 0 spiro atoms. The van der Waals surface area contributed by atoms with Crippen molar-refractivity contribution < 1.29 is 18.7 Å². The van der Waals surface area contributed by atoms with Crippen molar-refractivity contribution in [2.75, 3.05) is 44.2 Å². The van der Waals surface area contributed by atoms with Crippen molar-refractivity contribution >= 4 is 40.4 Å². The molecule has 0 aliphatic carbocycles. The standard InChI is InChI=1S/C29H32ClFN4O3S/c1-29(2,38-25-6-4-3-5-23(25)30)28(37)35-13-11-20(12-14-35)26-32-24(19-39-26)27(36)34-17-15-33(16-18-34)22-9-7-21(31)8-10-22/h3-10,19-20H,11-18H2,1-2H3. The Balaban J connectivity index is 1.13. The van der Waals surface area contributed by atoms with Crippen LogP contribution < -0.4 is 9.64 Å². The molecule has 0 saturated carbocycles. The van der Waals surface area contributed by atoms with Crippen molar-refractivity contribution in [2.45, 2.75) is 38.2 Å². The molecule has 2 fully saturated rings. The molecule has 2 amide bonds. The number of nitrogens with zero attached hydrogens (tertiary/aromatic N) is 4. The van der Waals surface area contributed by atoms with E-state index in [2.05, 4.69) is 4.90 Å². The molecule has 0 atom stereocenters. The van der Waals surface area contributed by atoms with Crippen LogP contribution in [-0.2, 0) is 4.79 Å². The van der Waals surface area contributed by atoms with Gasteiger partial charge in [-0.15, -0.1) is 11.3 Å². The number of piperazine rings is 1. The number of anilines is 1. The number of rotatable bonds is 6. The fourth-order valence-corrected chi connectivity index (χ4v) is 6.25. The first-order valence-electron chi connectivity index (χ1n) is 13.2. The molecule has 0 bridgehead atoms. The van der Waals surface area contributed by atoms with Crippen LogP contribution >= 0.6 is 22.9 Å². The highest BCUT2D eigenvalue weighted by Gasteiger charge is 2.37. The van der Waals surface area contributed by atoms with Gasteiger partial charge in [0, 0.05) is 56.3 Å². The summed E-state index contributed by atoms with van der Waals surface area (Å²) in [7, 11) is 0. The third-order valence-corrected chi connectivity index (χ3v) is 8.67. The van der Waals surface area contributed by atoms with E-state index in [1.54, 1.807) is 38.1 Å². The van der Waals surface area contributed by atoms with Crippen LogP contribution in [0.25, 0.3) is 0 Å². The fourth-order valence-electron chi connectivity index (χ4n) is 5.11. The summed E-state index contributed by atoms with van der Waals surface area (Å²) in [6, 6.07) is 13.6. The van der Waals surface area contributed by atoms with Crippen LogP contribution in [0.4, 0.5) is 10.1 Å². The largest absolute Gasteiger partial charge is 0.476 e. The monoisotopic (exact) mass is 570 g/mol. The van der Waals surface area contributed by atoms with E-state index in [-0.39, 0.29) is 23.5 Å². The van der Waals surface area contributed by atoms with E-state index in [0.29, 0.717) is 55.7 Å². The first-order valence-corrected chi connectivity index (χ1v) is 14.4. The van der Waals surface area contributed by atoms with Crippen molar-refractivity contribution in [3.63, 3.8) is 0 Å². The molecule has 1 aromatic heterocycles. The third kappa shape index (κ3) is 6.20. The number of hydrogen-bond donors (Lipinski definition) is 0. The number of benzene rings is 2. The second-order valence-corrected chi connectivity index (χ2v) is 11.7. The maximum Gasteiger partial charge on any atom is 0.273 e. The predicted molar refractivity (Wildman–Crippen MR) is 151 cm³/mol. The average molecular weight is 571 g/mol. The highest BCUT2D eigenvalue weighted by molar-refractivity contribution is 7.09. The van der Waals surface area contributed by atoms with Crippen molar-refractivity contribution in [1.29, 1.82) is 0 Å². The van der Waals surface area contributed by atoms with E-state index in [1.807, 2.05) is 27.3 Å². The van der Waals surface area contributed by atoms with E-state index in [1.165, 1.54) is 23.5 Å². The maximum absolute atomic E-state index is 13.3. The van der Waals surface area contributed by atoms with Gasteiger partial charge >= 0.3 is 0 Å². The molecular formula is C29H32ClFN4O3S. The minimum absolute atomic E-state index is 0.0534. The highest BCUT2D eigenvalue weighted by Crippen LogP contribution is 2.33. The Morgan fingerprint density at radius 1 is 0.974 bits per heavy atom. The first-order chi connectivity index (χ1) is 18.7. The zero-order valence-corrected chi connectivity index (χ0v) is 23.7. The van der Waals surface area contributed by atoms with Crippen LogP contribution in [0.2, 0.25) is 5.02 Å². The molecule has 3 heterocycles. The smallest absolute Gasteiger partial charge is 0.273 e. The van der Waals surface area contributed by atoms with E-state index in [0.717, 1.165) is 23.5 Å². The molecule has 10 heteroatoms. The summed E-state index contributed by atoms with van der Waals surface area (Å²) in [6.07, 6.45) is 1.57. The van der Waals surface area contributed by atoms with Crippen LogP contribution in [0.3, 0.4) is 0 Å². The minimum Gasteiger partial charge on any atom is -0.476 e. The van der Waals surface area contributed by atoms with Crippen LogP contribution in [0.15, 0.2) is 53.9 Å². The number of carbonyl (C=O) groups excluding carboxylic acids is 2. The molecule has 0 unspecified atom stereocenters. The van der Waals surface area contributed by atoms with Gasteiger partial charge in [-0.1, -0.05) is 23.7 Å². The SMILES string of the molecule is CC(C)(Oc1ccccc1Cl)C(=O)N1CCC(c2nc(C(=O)N3CCN(c4ccc(F)cc4)CC3)cs2)CC1. The Bertz CT molecular complexity index is 1320. The van der Waals surface area contributed by atoms with Gasteiger partial charge in [0.25, 0.3) is 11.8 Å². The number of hydrogen-bond acceptors (Lipinski definition) is 6. The Hall–Kier alpha value is -3.17. The molecule has 7 nitrogen and oxygen atoms in total. The molecule has 0 N–H and O–H groups in total. The molecule has 3 aromatic rings. The summed E-state index contributed by atoms with van der Waals surface area (Å²) in [5.74, 6) is 0.321. The van der Waals surface area contributed by atoms with Crippen molar-refractivity contribution in [2.24, 2.45) is 0 Å². The number of likely N-dealkylation sites (tertiary alicyclic amines) is 1. The van der Waals surface area contributed by atoms with Gasteiger partial charge in [-0.05, 0) is 63.1 Å².